The van der Waals surface area contributed by atoms with Gasteiger partial charge >= 0.3 is 0 Å². The molecule has 1 N–H and O–H groups in total. The van der Waals surface area contributed by atoms with Gasteiger partial charge in [-0.05, 0) is 25.2 Å². The van der Waals surface area contributed by atoms with Crippen molar-refractivity contribution < 1.29 is 4.79 Å². The fraction of sp³-hybridized carbons (Fsp3) is 0.667. The molecule has 1 aromatic heterocycles. The normalized spacial score (nSPS) is 16.9. The third-order valence-electron chi connectivity index (χ3n) is 3.64. The fourth-order valence-corrected chi connectivity index (χ4v) is 2.61. The second-order valence-electron chi connectivity index (χ2n) is 6.39. The van der Waals surface area contributed by atoms with E-state index in [1.54, 1.807) is 11.8 Å². The molecule has 0 aromatic carbocycles. The van der Waals surface area contributed by atoms with Crippen molar-refractivity contribution in [3.63, 3.8) is 0 Å². The molecular formula is C15H24N4OS. The minimum atomic E-state index is -0.322. The van der Waals surface area contributed by atoms with E-state index in [0.29, 0.717) is 0 Å². The maximum absolute atomic E-state index is 12.0. The number of carbonyl (C=O) groups is 1. The second kappa shape index (κ2) is 6.64. The lowest BCUT2D eigenvalue weighted by Crippen LogP contribution is -2.47. The van der Waals surface area contributed by atoms with Gasteiger partial charge in [-0.15, -0.1) is 0 Å². The number of hydrogen-bond donors (Lipinski definition) is 1. The number of carbonyl (C=O) groups excluding carboxylic acids is 1. The van der Waals surface area contributed by atoms with E-state index < -0.39 is 0 Å². The predicted molar refractivity (Wildman–Crippen MR) is 86.6 cm³/mol. The molecule has 1 aliphatic heterocycles. The minimum Gasteiger partial charge on any atom is -0.356 e. The van der Waals surface area contributed by atoms with Crippen molar-refractivity contribution in [1.29, 1.82) is 0 Å². The molecule has 1 fully saturated rings. The van der Waals surface area contributed by atoms with Crippen LogP contribution in [0.25, 0.3) is 0 Å². The first kappa shape index (κ1) is 16.1. The third-order valence-corrected chi connectivity index (χ3v) is 4.20. The molecule has 5 nitrogen and oxygen atoms in total. The Morgan fingerprint density at radius 3 is 2.62 bits per heavy atom. The largest absolute Gasteiger partial charge is 0.356 e. The van der Waals surface area contributed by atoms with E-state index >= 15 is 0 Å². The standard InChI is InChI=1S/C15H24N4OS/c1-15(2,3)13(20)17-11-6-9-19(10-7-11)12-5-8-16-14(18-12)21-4/h5,8,11H,6-7,9-10H2,1-4H3,(H,17,20). The quantitative estimate of drug-likeness (QED) is 0.686. The third kappa shape index (κ3) is 4.33. The molecule has 1 saturated heterocycles. The maximum Gasteiger partial charge on any atom is 0.225 e. The Hall–Kier alpha value is -1.30. The molecule has 0 radical (unpaired) electrons. The van der Waals surface area contributed by atoms with Gasteiger partial charge in [0.1, 0.15) is 5.82 Å². The van der Waals surface area contributed by atoms with Crippen LogP contribution in [-0.2, 0) is 4.79 Å². The lowest BCUT2D eigenvalue weighted by molar-refractivity contribution is -0.129. The average molecular weight is 308 g/mol. The van der Waals surface area contributed by atoms with E-state index in [-0.39, 0.29) is 17.4 Å². The van der Waals surface area contributed by atoms with E-state index in [1.165, 1.54) is 0 Å². The van der Waals surface area contributed by atoms with E-state index in [9.17, 15) is 4.79 Å². The van der Waals surface area contributed by atoms with E-state index in [2.05, 4.69) is 20.2 Å². The summed E-state index contributed by atoms with van der Waals surface area (Å²) in [6.07, 6.45) is 5.70. The highest BCUT2D eigenvalue weighted by molar-refractivity contribution is 7.98. The number of nitrogens with zero attached hydrogens (tertiary/aromatic N) is 3. The fourth-order valence-electron chi connectivity index (χ4n) is 2.26. The number of anilines is 1. The van der Waals surface area contributed by atoms with Gasteiger partial charge in [-0.25, -0.2) is 9.97 Å². The predicted octanol–water partition coefficient (Wildman–Crippen LogP) is 2.33. The molecular weight excluding hydrogens is 284 g/mol. The lowest BCUT2D eigenvalue weighted by Gasteiger charge is -2.34. The molecule has 0 aliphatic carbocycles. The Labute approximate surface area is 130 Å². The molecule has 1 aromatic rings. The first-order chi connectivity index (χ1) is 9.90. The molecule has 2 heterocycles. The van der Waals surface area contributed by atoms with Crippen LogP contribution in [0.1, 0.15) is 33.6 Å². The monoisotopic (exact) mass is 308 g/mol. The van der Waals surface area contributed by atoms with Crippen LogP contribution in [0.4, 0.5) is 5.82 Å². The summed E-state index contributed by atoms with van der Waals surface area (Å²) in [5.41, 5.74) is -0.322. The van der Waals surface area contributed by atoms with Gasteiger partial charge in [0.15, 0.2) is 5.16 Å². The first-order valence-corrected chi connectivity index (χ1v) is 8.55. The molecule has 0 atom stereocenters. The molecule has 1 aliphatic rings. The number of thioether (sulfide) groups is 1. The number of hydrogen-bond acceptors (Lipinski definition) is 5. The van der Waals surface area contributed by atoms with Crippen LogP contribution in [-0.4, -0.2) is 41.3 Å². The van der Waals surface area contributed by atoms with Crippen molar-refractivity contribution in [2.75, 3.05) is 24.2 Å². The Kier molecular flexibility index (Phi) is 5.08. The first-order valence-electron chi connectivity index (χ1n) is 7.33. The Bertz CT molecular complexity index is 493. The number of rotatable bonds is 3. The van der Waals surface area contributed by atoms with Crippen LogP contribution in [0.5, 0.6) is 0 Å². The van der Waals surface area contributed by atoms with Gasteiger partial charge in [0, 0.05) is 30.7 Å². The molecule has 116 valence electrons. The molecule has 6 heteroatoms. The van der Waals surface area contributed by atoms with E-state index in [0.717, 1.165) is 36.9 Å². The summed E-state index contributed by atoms with van der Waals surface area (Å²) >= 11 is 1.55. The summed E-state index contributed by atoms with van der Waals surface area (Å²) in [5, 5.41) is 3.95. The van der Waals surface area contributed by atoms with Crippen LogP contribution in [0.3, 0.4) is 0 Å². The Balaban J connectivity index is 1.89. The smallest absolute Gasteiger partial charge is 0.225 e. The van der Waals surface area contributed by atoms with Crippen molar-refractivity contribution in [3.05, 3.63) is 12.3 Å². The highest BCUT2D eigenvalue weighted by atomic mass is 32.2. The maximum atomic E-state index is 12.0. The summed E-state index contributed by atoms with van der Waals surface area (Å²) < 4.78 is 0. The van der Waals surface area contributed by atoms with Crippen LogP contribution in [0.2, 0.25) is 0 Å². The number of amides is 1. The topological polar surface area (TPSA) is 58.1 Å². The zero-order valence-corrected chi connectivity index (χ0v) is 14.0. The Morgan fingerprint density at radius 2 is 2.05 bits per heavy atom. The van der Waals surface area contributed by atoms with Gasteiger partial charge in [0.25, 0.3) is 0 Å². The minimum absolute atomic E-state index is 0.132. The van der Waals surface area contributed by atoms with Crippen molar-refractivity contribution >= 4 is 23.5 Å². The van der Waals surface area contributed by atoms with Crippen molar-refractivity contribution in [3.8, 4) is 0 Å². The molecule has 0 saturated carbocycles. The summed E-state index contributed by atoms with van der Waals surface area (Å²) in [7, 11) is 0. The van der Waals surface area contributed by atoms with Gasteiger partial charge in [-0.3, -0.25) is 4.79 Å². The summed E-state index contributed by atoms with van der Waals surface area (Å²) in [6.45, 7) is 7.67. The number of piperidine rings is 1. The molecule has 0 spiro atoms. The van der Waals surface area contributed by atoms with Crippen molar-refractivity contribution in [2.45, 2.75) is 44.8 Å². The van der Waals surface area contributed by atoms with Crippen LogP contribution in [0, 0.1) is 5.41 Å². The second-order valence-corrected chi connectivity index (χ2v) is 7.16. The van der Waals surface area contributed by atoms with Crippen LogP contribution >= 0.6 is 11.8 Å². The number of aromatic nitrogens is 2. The summed E-state index contributed by atoms with van der Waals surface area (Å²) in [4.78, 5) is 23.0. The van der Waals surface area contributed by atoms with Gasteiger partial charge < -0.3 is 10.2 Å². The molecule has 0 unspecified atom stereocenters. The number of nitrogens with one attached hydrogen (secondary N) is 1. The highest BCUT2D eigenvalue weighted by Gasteiger charge is 2.26. The van der Waals surface area contributed by atoms with E-state index in [1.807, 2.05) is 39.3 Å². The van der Waals surface area contributed by atoms with Crippen molar-refractivity contribution in [2.24, 2.45) is 5.41 Å². The van der Waals surface area contributed by atoms with Gasteiger partial charge in [-0.2, -0.15) is 0 Å². The summed E-state index contributed by atoms with van der Waals surface area (Å²) in [5.74, 6) is 1.11. The highest BCUT2D eigenvalue weighted by Crippen LogP contribution is 2.21. The van der Waals surface area contributed by atoms with Crippen LogP contribution in [0.15, 0.2) is 17.4 Å². The van der Waals surface area contributed by atoms with E-state index in [4.69, 9.17) is 0 Å². The van der Waals surface area contributed by atoms with Gasteiger partial charge in [-0.1, -0.05) is 32.5 Å². The van der Waals surface area contributed by atoms with Crippen molar-refractivity contribution in [1.82, 2.24) is 15.3 Å². The molecule has 1 amide bonds. The van der Waals surface area contributed by atoms with Crippen LogP contribution < -0.4 is 10.2 Å². The SMILES string of the molecule is CSc1nccc(N2CCC(NC(=O)C(C)(C)C)CC2)n1. The summed E-state index contributed by atoms with van der Waals surface area (Å²) in [6, 6.07) is 2.23. The Morgan fingerprint density at radius 1 is 1.38 bits per heavy atom. The average Bonchev–Trinajstić information content (AvgIpc) is 2.47. The molecule has 2 rings (SSSR count). The zero-order valence-electron chi connectivity index (χ0n) is 13.2. The lowest BCUT2D eigenvalue weighted by atomic mass is 9.94. The van der Waals surface area contributed by atoms with Gasteiger partial charge in [0.05, 0.1) is 0 Å². The molecule has 21 heavy (non-hydrogen) atoms. The molecule has 0 bridgehead atoms. The zero-order chi connectivity index (χ0) is 15.5. The van der Waals surface area contributed by atoms with Gasteiger partial charge in [0.2, 0.25) is 5.91 Å².